The molecule has 1 aliphatic rings. The van der Waals surface area contributed by atoms with Crippen LogP contribution in [-0.2, 0) is 4.79 Å². The second-order valence-corrected chi connectivity index (χ2v) is 7.52. The summed E-state index contributed by atoms with van der Waals surface area (Å²) in [7, 11) is 1.54. The van der Waals surface area contributed by atoms with E-state index < -0.39 is 6.10 Å². The number of nitrogens with zero attached hydrogens (tertiary/aromatic N) is 4. The van der Waals surface area contributed by atoms with Crippen molar-refractivity contribution in [3.8, 4) is 22.7 Å². The van der Waals surface area contributed by atoms with Crippen molar-refractivity contribution in [2.45, 2.75) is 6.10 Å². The van der Waals surface area contributed by atoms with Crippen molar-refractivity contribution in [1.29, 1.82) is 0 Å². The second kappa shape index (κ2) is 8.58. The lowest BCUT2D eigenvalue weighted by atomic mass is 10.1. The van der Waals surface area contributed by atoms with Crippen LogP contribution in [0, 0.1) is 0 Å². The Kier molecular flexibility index (Phi) is 5.32. The Morgan fingerprint density at radius 2 is 1.82 bits per heavy atom. The number of rotatable bonds is 4. The van der Waals surface area contributed by atoms with Crippen LogP contribution < -0.4 is 15.0 Å². The van der Waals surface area contributed by atoms with Crippen molar-refractivity contribution in [2.75, 3.05) is 18.5 Å². The van der Waals surface area contributed by atoms with Crippen molar-refractivity contribution in [3.05, 3.63) is 90.9 Å². The van der Waals surface area contributed by atoms with Gasteiger partial charge in [-0.05, 0) is 36.4 Å². The van der Waals surface area contributed by atoms with Gasteiger partial charge in [0.15, 0.2) is 6.10 Å². The number of hydrogen-bond donors (Lipinski definition) is 1. The lowest BCUT2D eigenvalue weighted by Gasteiger charge is -2.34. The van der Waals surface area contributed by atoms with Crippen LogP contribution in [0.4, 0.5) is 5.69 Å². The number of hydrogen-bond acceptors (Lipinski definition) is 5. The number of pyridine rings is 1. The fourth-order valence-corrected chi connectivity index (χ4v) is 3.83. The molecule has 1 aliphatic heterocycles. The average molecular weight is 439 g/mol. The molecule has 1 atom stereocenters. The van der Waals surface area contributed by atoms with Crippen LogP contribution in [0.3, 0.4) is 0 Å². The summed E-state index contributed by atoms with van der Waals surface area (Å²) in [5, 5.41) is 7.31. The molecule has 2 aromatic heterocycles. The molecule has 0 spiro atoms. The quantitative estimate of drug-likeness (QED) is 0.528. The van der Waals surface area contributed by atoms with Gasteiger partial charge in [-0.2, -0.15) is 5.10 Å². The minimum atomic E-state index is -0.820. The zero-order valence-electron chi connectivity index (χ0n) is 17.9. The van der Waals surface area contributed by atoms with Crippen LogP contribution in [-0.4, -0.2) is 46.3 Å². The van der Waals surface area contributed by atoms with Gasteiger partial charge in [-0.1, -0.05) is 30.3 Å². The molecule has 0 aliphatic carbocycles. The lowest BCUT2D eigenvalue weighted by Crippen LogP contribution is -2.50. The number of amides is 2. The summed E-state index contributed by atoms with van der Waals surface area (Å²) < 4.78 is 7.53. The summed E-state index contributed by atoms with van der Waals surface area (Å²) in [5.41, 5.74) is 3.07. The van der Waals surface area contributed by atoms with Gasteiger partial charge < -0.3 is 15.0 Å². The molecule has 8 nitrogen and oxygen atoms in total. The minimum absolute atomic E-state index is 0.0819. The Labute approximate surface area is 190 Å². The molecule has 8 heteroatoms. The molecule has 164 valence electrons. The van der Waals surface area contributed by atoms with Crippen LogP contribution >= 0.6 is 0 Å². The second-order valence-electron chi connectivity index (χ2n) is 7.52. The first kappa shape index (κ1) is 20.4. The zero-order chi connectivity index (χ0) is 22.8. The van der Waals surface area contributed by atoms with Crippen LogP contribution in [0.5, 0.6) is 5.75 Å². The summed E-state index contributed by atoms with van der Waals surface area (Å²) in [4.78, 5) is 32.0. The number of para-hydroxylation sites is 3. The molecule has 2 amide bonds. The number of anilines is 1. The number of nitrogens with one attached hydrogen (secondary N) is 1. The van der Waals surface area contributed by atoms with Crippen LogP contribution in [0.2, 0.25) is 0 Å². The first-order valence-corrected chi connectivity index (χ1v) is 10.5. The van der Waals surface area contributed by atoms with Gasteiger partial charge >= 0.3 is 0 Å². The normalized spacial score (nSPS) is 14.8. The molecule has 0 saturated heterocycles. The van der Waals surface area contributed by atoms with E-state index in [2.05, 4.69) is 10.3 Å². The van der Waals surface area contributed by atoms with E-state index >= 15 is 0 Å². The van der Waals surface area contributed by atoms with E-state index in [1.54, 1.807) is 53.4 Å². The number of benzene rings is 2. The molecule has 4 aromatic rings. The van der Waals surface area contributed by atoms with Gasteiger partial charge in [0.25, 0.3) is 11.8 Å². The Bertz CT molecular complexity index is 1300. The maximum Gasteiger partial charge on any atom is 0.262 e. The average Bonchev–Trinajstić information content (AvgIpc) is 3.34. The number of likely N-dealkylation sites (N-methyl/N-ethyl adjacent to an activating group) is 1. The number of aromatic nitrogens is 3. The van der Waals surface area contributed by atoms with Crippen molar-refractivity contribution in [1.82, 2.24) is 20.1 Å². The molecular formula is C25H21N5O3. The minimum Gasteiger partial charge on any atom is -0.477 e. The van der Waals surface area contributed by atoms with Crippen LogP contribution in [0.25, 0.3) is 16.9 Å². The van der Waals surface area contributed by atoms with E-state index in [0.29, 0.717) is 22.7 Å². The monoisotopic (exact) mass is 439 g/mol. The summed E-state index contributed by atoms with van der Waals surface area (Å²) in [5.74, 6) is -0.0977. The van der Waals surface area contributed by atoms with Crippen molar-refractivity contribution in [2.24, 2.45) is 0 Å². The van der Waals surface area contributed by atoms with Crippen LogP contribution in [0.1, 0.15) is 10.4 Å². The highest BCUT2D eigenvalue weighted by molar-refractivity contribution is 6.11. The Morgan fingerprint density at radius 3 is 2.58 bits per heavy atom. The van der Waals surface area contributed by atoms with E-state index in [4.69, 9.17) is 9.84 Å². The Hall–Kier alpha value is -4.46. The molecule has 0 saturated carbocycles. The molecule has 3 heterocycles. The zero-order valence-corrected chi connectivity index (χ0v) is 17.9. The third kappa shape index (κ3) is 3.82. The molecule has 0 radical (unpaired) electrons. The highest BCUT2D eigenvalue weighted by Crippen LogP contribution is 2.35. The van der Waals surface area contributed by atoms with Crippen molar-refractivity contribution >= 4 is 17.5 Å². The third-order valence-corrected chi connectivity index (χ3v) is 5.46. The predicted octanol–water partition coefficient (Wildman–Crippen LogP) is 3.09. The molecule has 0 fully saturated rings. The fourth-order valence-electron chi connectivity index (χ4n) is 3.83. The SMILES string of the molecule is CNC(=O)[C@H]1CN(C(=O)c2cn(-c3ccccc3)nc2-c2cccnc2)c2ccccc2O1. The molecule has 2 aromatic carbocycles. The highest BCUT2D eigenvalue weighted by Gasteiger charge is 2.35. The fraction of sp³-hybridized carbons (Fsp3) is 0.120. The highest BCUT2D eigenvalue weighted by atomic mass is 16.5. The first-order valence-electron chi connectivity index (χ1n) is 10.5. The van der Waals surface area contributed by atoms with Gasteiger partial charge in [-0.15, -0.1) is 0 Å². The summed E-state index contributed by atoms with van der Waals surface area (Å²) in [6, 6.07) is 20.4. The smallest absolute Gasteiger partial charge is 0.262 e. The largest absolute Gasteiger partial charge is 0.477 e. The van der Waals surface area contributed by atoms with E-state index in [9.17, 15) is 9.59 Å². The molecule has 0 unspecified atom stereocenters. The Balaban J connectivity index is 1.62. The van der Waals surface area contributed by atoms with E-state index in [0.717, 1.165) is 11.3 Å². The third-order valence-electron chi connectivity index (χ3n) is 5.46. The summed E-state index contributed by atoms with van der Waals surface area (Å²) in [6.07, 6.45) is 4.24. The van der Waals surface area contributed by atoms with Gasteiger partial charge in [0, 0.05) is 31.2 Å². The van der Waals surface area contributed by atoms with E-state index in [1.807, 2.05) is 48.5 Å². The van der Waals surface area contributed by atoms with Crippen molar-refractivity contribution < 1.29 is 14.3 Å². The molecule has 0 bridgehead atoms. The summed E-state index contributed by atoms with van der Waals surface area (Å²) in [6.45, 7) is 0.0819. The van der Waals surface area contributed by atoms with Gasteiger partial charge in [-0.3, -0.25) is 14.6 Å². The van der Waals surface area contributed by atoms with Gasteiger partial charge in [0.1, 0.15) is 11.4 Å². The van der Waals surface area contributed by atoms with Gasteiger partial charge in [0.05, 0.1) is 23.5 Å². The molecule has 5 rings (SSSR count). The molecule has 1 N–H and O–H groups in total. The maximum absolute atomic E-state index is 13.9. The predicted molar refractivity (Wildman–Crippen MR) is 123 cm³/mol. The maximum atomic E-state index is 13.9. The Morgan fingerprint density at radius 1 is 1.03 bits per heavy atom. The van der Waals surface area contributed by atoms with E-state index in [-0.39, 0.29) is 18.4 Å². The van der Waals surface area contributed by atoms with E-state index in [1.165, 1.54) is 0 Å². The number of carbonyl (C=O) groups excluding carboxylic acids is 2. The molecular weight excluding hydrogens is 418 g/mol. The topological polar surface area (TPSA) is 89.4 Å². The number of fused-ring (bicyclic) bond motifs is 1. The molecule has 33 heavy (non-hydrogen) atoms. The number of ether oxygens (including phenoxy) is 1. The summed E-state index contributed by atoms with van der Waals surface area (Å²) >= 11 is 0. The van der Waals surface area contributed by atoms with Crippen LogP contribution in [0.15, 0.2) is 85.3 Å². The lowest BCUT2D eigenvalue weighted by molar-refractivity contribution is -0.127. The first-order chi connectivity index (χ1) is 16.2. The number of carbonyl (C=O) groups is 2. The standard InChI is InChI=1S/C25H21N5O3/c1-26-24(31)22-16-29(20-11-5-6-12-21(20)33-22)25(32)19-15-30(18-9-3-2-4-10-18)28-23(19)17-8-7-13-27-14-17/h2-15,22H,16H2,1H3,(H,26,31)/t22-/m1/s1. The van der Waals surface area contributed by atoms with Gasteiger partial charge in [0.2, 0.25) is 0 Å². The van der Waals surface area contributed by atoms with Crippen molar-refractivity contribution in [3.63, 3.8) is 0 Å². The van der Waals surface area contributed by atoms with Gasteiger partial charge in [-0.25, -0.2) is 4.68 Å².